The molecule has 2 saturated heterocycles. The Morgan fingerprint density at radius 2 is 1.75 bits per heavy atom. The van der Waals surface area contributed by atoms with Crippen LogP contribution in [0.3, 0.4) is 0 Å². The minimum atomic E-state index is -0.0385. The van der Waals surface area contributed by atoms with Crippen molar-refractivity contribution in [3.05, 3.63) is 29.8 Å². The maximum Gasteiger partial charge on any atom is 0.230 e. The Labute approximate surface area is 119 Å². The molecule has 0 unspecified atom stereocenters. The van der Waals surface area contributed by atoms with Crippen molar-refractivity contribution in [3.63, 3.8) is 0 Å². The number of rotatable bonds is 3. The highest BCUT2D eigenvalue weighted by molar-refractivity contribution is 6.05. The third-order valence-corrected chi connectivity index (χ3v) is 4.12. The Bertz CT molecular complexity index is 521. The first-order chi connectivity index (χ1) is 9.74. The van der Waals surface area contributed by atoms with E-state index in [1.807, 2.05) is 12.1 Å². The number of benzene rings is 1. The van der Waals surface area contributed by atoms with E-state index in [0.717, 1.165) is 18.7 Å². The smallest absolute Gasteiger partial charge is 0.230 e. The zero-order chi connectivity index (χ0) is 13.9. The molecule has 4 heteroatoms. The SMILES string of the molecule is O=C1CC(=O)N(Cc2ccccc2N2CCCCC2)C1. The van der Waals surface area contributed by atoms with E-state index in [0.29, 0.717) is 6.54 Å². The average Bonchev–Trinajstić information content (AvgIpc) is 2.78. The second-order valence-electron chi connectivity index (χ2n) is 5.64. The summed E-state index contributed by atoms with van der Waals surface area (Å²) in [4.78, 5) is 27.2. The van der Waals surface area contributed by atoms with Gasteiger partial charge in [0.05, 0.1) is 13.0 Å². The molecule has 1 amide bonds. The number of carbonyl (C=O) groups is 2. The molecular formula is C16H20N2O2. The molecule has 2 heterocycles. The summed E-state index contributed by atoms with van der Waals surface area (Å²) in [6.07, 6.45) is 3.84. The summed E-state index contributed by atoms with van der Waals surface area (Å²) in [6, 6.07) is 8.25. The highest BCUT2D eigenvalue weighted by Crippen LogP contribution is 2.26. The van der Waals surface area contributed by atoms with Gasteiger partial charge in [-0.3, -0.25) is 9.59 Å². The number of piperidine rings is 1. The van der Waals surface area contributed by atoms with E-state index >= 15 is 0 Å². The van der Waals surface area contributed by atoms with E-state index < -0.39 is 0 Å². The van der Waals surface area contributed by atoms with Crippen molar-refractivity contribution in [2.24, 2.45) is 0 Å². The number of hydrogen-bond acceptors (Lipinski definition) is 3. The van der Waals surface area contributed by atoms with Gasteiger partial charge in [-0.1, -0.05) is 18.2 Å². The molecule has 0 N–H and O–H groups in total. The molecule has 2 aliphatic rings. The number of hydrogen-bond donors (Lipinski definition) is 0. The predicted molar refractivity (Wildman–Crippen MR) is 77.5 cm³/mol. The summed E-state index contributed by atoms with van der Waals surface area (Å²) in [6.45, 7) is 3.00. The van der Waals surface area contributed by atoms with Crippen LogP contribution in [0.4, 0.5) is 5.69 Å². The van der Waals surface area contributed by atoms with Crippen LogP contribution in [0.5, 0.6) is 0 Å². The molecule has 0 bridgehead atoms. The lowest BCUT2D eigenvalue weighted by Gasteiger charge is -2.31. The number of para-hydroxylation sites is 1. The van der Waals surface area contributed by atoms with E-state index in [4.69, 9.17) is 0 Å². The largest absolute Gasteiger partial charge is 0.371 e. The molecule has 0 radical (unpaired) electrons. The van der Waals surface area contributed by atoms with Crippen LogP contribution in [0, 0.1) is 0 Å². The number of amides is 1. The lowest BCUT2D eigenvalue weighted by Crippen LogP contribution is -2.31. The second-order valence-corrected chi connectivity index (χ2v) is 5.64. The van der Waals surface area contributed by atoms with E-state index in [1.165, 1.54) is 24.9 Å². The van der Waals surface area contributed by atoms with Crippen molar-refractivity contribution in [2.45, 2.75) is 32.2 Å². The molecule has 0 atom stereocenters. The molecule has 2 fully saturated rings. The zero-order valence-electron chi connectivity index (χ0n) is 11.7. The first kappa shape index (κ1) is 13.2. The quantitative estimate of drug-likeness (QED) is 0.790. The number of likely N-dealkylation sites (tertiary alicyclic amines) is 1. The van der Waals surface area contributed by atoms with Crippen LogP contribution in [0.1, 0.15) is 31.2 Å². The van der Waals surface area contributed by atoms with Gasteiger partial charge in [-0.15, -0.1) is 0 Å². The molecule has 4 nitrogen and oxygen atoms in total. The first-order valence-electron chi connectivity index (χ1n) is 7.36. The van der Waals surface area contributed by atoms with Gasteiger partial charge in [0, 0.05) is 25.3 Å². The summed E-state index contributed by atoms with van der Waals surface area (Å²) < 4.78 is 0. The minimum absolute atomic E-state index is 0.0328. The van der Waals surface area contributed by atoms with Crippen LogP contribution >= 0.6 is 0 Å². The van der Waals surface area contributed by atoms with E-state index in [1.54, 1.807) is 4.90 Å². The molecule has 0 saturated carbocycles. The van der Waals surface area contributed by atoms with E-state index in [9.17, 15) is 9.59 Å². The van der Waals surface area contributed by atoms with Crippen molar-refractivity contribution < 1.29 is 9.59 Å². The Kier molecular flexibility index (Phi) is 3.72. The lowest BCUT2D eigenvalue weighted by atomic mass is 10.1. The summed E-state index contributed by atoms with van der Waals surface area (Å²) in [5.41, 5.74) is 2.37. The van der Waals surface area contributed by atoms with Gasteiger partial charge in [0.1, 0.15) is 0 Å². The van der Waals surface area contributed by atoms with Crippen molar-refractivity contribution in [3.8, 4) is 0 Å². The Hall–Kier alpha value is -1.84. The second kappa shape index (κ2) is 5.65. The predicted octanol–water partition coefficient (Wildman–Crippen LogP) is 1.98. The van der Waals surface area contributed by atoms with Gasteiger partial charge in [0.15, 0.2) is 5.78 Å². The van der Waals surface area contributed by atoms with Gasteiger partial charge in [0.2, 0.25) is 5.91 Å². The summed E-state index contributed by atoms with van der Waals surface area (Å²) in [7, 11) is 0. The minimum Gasteiger partial charge on any atom is -0.371 e. The van der Waals surface area contributed by atoms with Crippen molar-refractivity contribution in [1.29, 1.82) is 0 Å². The third kappa shape index (κ3) is 2.69. The van der Waals surface area contributed by atoms with Crippen LogP contribution < -0.4 is 4.90 Å². The van der Waals surface area contributed by atoms with Crippen molar-refractivity contribution in [1.82, 2.24) is 4.90 Å². The van der Waals surface area contributed by atoms with Crippen LogP contribution in [-0.4, -0.2) is 36.2 Å². The van der Waals surface area contributed by atoms with Crippen LogP contribution in [0.15, 0.2) is 24.3 Å². The molecule has 1 aromatic carbocycles. The van der Waals surface area contributed by atoms with Crippen LogP contribution in [0.25, 0.3) is 0 Å². The Balaban J connectivity index is 1.79. The normalized spacial score (nSPS) is 19.8. The van der Waals surface area contributed by atoms with Gasteiger partial charge >= 0.3 is 0 Å². The lowest BCUT2D eigenvalue weighted by molar-refractivity contribution is -0.128. The molecule has 106 valence electrons. The summed E-state index contributed by atoms with van der Waals surface area (Å²) >= 11 is 0. The van der Waals surface area contributed by atoms with Gasteiger partial charge in [-0.05, 0) is 30.9 Å². The number of nitrogens with zero attached hydrogens (tertiary/aromatic N) is 2. The maximum atomic E-state index is 11.8. The molecule has 20 heavy (non-hydrogen) atoms. The number of ketones is 1. The van der Waals surface area contributed by atoms with E-state index in [2.05, 4.69) is 17.0 Å². The zero-order valence-corrected chi connectivity index (χ0v) is 11.7. The van der Waals surface area contributed by atoms with Gasteiger partial charge in [-0.2, -0.15) is 0 Å². The van der Waals surface area contributed by atoms with Crippen molar-refractivity contribution in [2.75, 3.05) is 24.5 Å². The number of carbonyl (C=O) groups excluding carboxylic acids is 2. The highest BCUT2D eigenvalue weighted by atomic mass is 16.2. The fourth-order valence-corrected chi connectivity index (χ4v) is 3.07. The van der Waals surface area contributed by atoms with Gasteiger partial charge in [0.25, 0.3) is 0 Å². The molecule has 0 spiro atoms. The average molecular weight is 272 g/mol. The molecular weight excluding hydrogens is 252 g/mol. The fourth-order valence-electron chi connectivity index (χ4n) is 3.07. The third-order valence-electron chi connectivity index (χ3n) is 4.12. The summed E-state index contributed by atoms with van der Waals surface area (Å²) in [5, 5.41) is 0. The van der Waals surface area contributed by atoms with Gasteiger partial charge < -0.3 is 9.80 Å². The Morgan fingerprint density at radius 1 is 1.00 bits per heavy atom. The standard InChI is InChI=1S/C16H20N2O2/c19-14-10-16(20)18(12-14)11-13-6-2-3-7-15(13)17-8-4-1-5-9-17/h2-3,6-7H,1,4-5,8-12H2. The van der Waals surface area contributed by atoms with Crippen LogP contribution in [0.2, 0.25) is 0 Å². The topological polar surface area (TPSA) is 40.6 Å². The molecule has 0 aliphatic carbocycles. The Morgan fingerprint density at radius 3 is 2.45 bits per heavy atom. The van der Waals surface area contributed by atoms with Crippen molar-refractivity contribution >= 4 is 17.4 Å². The fraction of sp³-hybridized carbons (Fsp3) is 0.500. The molecule has 0 aromatic heterocycles. The first-order valence-corrected chi connectivity index (χ1v) is 7.36. The number of anilines is 1. The number of Topliss-reactive ketones (excluding diaryl/α,β-unsaturated/α-hetero) is 1. The highest BCUT2D eigenvalue weighted by Gasteiger charge is 2.28. The van der Waals surface area contributed by atoms with Crippen LogP contribution in [-0.2, 0) is 16.1 Å². The molecule has 3 rings (SSSR count). The summed E-state index contributed by atoms with van der Waals surface area (Å²) in [5.74, 6) is -0.00565. The monoisotopic (exact) mass is 272 g/mol. The molecule has 1 aromatic rings. The van der Waals surface area contributed by atoms with Gasteiger partial charge in [-0.25, -0.2) is 0 Å². The molecule has 2 aliphatic heterocycles. The maximum absolute atomic E-state index is 11.8. The van der Waals surface area contributed by atoms with E-state index in [-0.39, 0.29) is 24.7 Å².